The van der Waals surface area contributed by atoms with Gasteiger partial charge in [0.1, 0.15) is 14.9 Å². The Labute approximate surface area is 208 Å². The van der Waals surface area contributed by atoms with Crippen LogP contribution in [0.5, 0.6) is 0 Å². The van der Waals surface area contributed by atoms with Gasteiger partial charge in [0.2, 0.25) is 0 Å². The van der Waals surface area contributed by atoms with Crippen molar-refractivity contribution in [3.05, 3.63) is 79.5 Å². The zero-order chi connectivity index (χ0) is 25.1. The molecule has 1 aliphatic rings. The van der Waals surface area contributed by atoms with Gasteiger partial charge in [0.05, 0.1) is 29.7 Å². The van der Waals surface area contributed by atoms with Gasteiger partial charge in [-0.15, -0.1) is 11.3 Å². The molecule has 1 aliphatic carbocycles. The lowest BCUT2D eigenvalue weighted by Crippen LogP contribution is -2.40. The lowest BCUT2D eigenvalue weighted by atomic mass is 10.2. The number of benzene rings is 1. The van der Waals surface area contributed by atoms with Crippen LogP contribution in [0.2, 0.25) is 5.02 Å². The highest BCUT2D eigenvalue weighted by Gasteiger charge is 2.41. The first-order chi connectivity index (χ1) is 16.5. The molecular weight excluding hydrogens is 517 g/mol. The molecular formula is C22H21ClFN5O4S2. The SMILES string of the molecule is Cn1cc(Cn2c(=O)c3cc(S(=O)(=O)NC4(C)CC4)sc3n(Cc3ccc(F)c(Cl)c3)c2=O)cn1. The molecule has 0 atom stereocenters. The normalized spacial score (nSPS) is 15.1. The summed E-state index contributed by atoms with van der Waals surface area (Å²) in [5.74, 6) is -0.599. The average Bonchev–Trinajstić information content (AvgIpc) is 3.16. The van der Waals surface area contributed by atoms with Gasteiger partial charge < -0.3 is 0 Å². The average molecular weight is 538 g/mol. The lowest BCUT2D eigenvalue weighted by Gasteiger charge is -2.12. The predicted molar refractivity (Wildman–Crippen MR) is 131 cm³/mol. The predicted octanol–water partition coefficient (Wildman–Crippen LogP) is 2.68. The van der Waals surface area contributed by atoms with Crippen LogP contribution in [0.1, 0.15) is 30.9 Å². The van der Waals surface area contributed by atoms with Crippen LogP contribution in [0, 0.1) is 5.82 Å². The largest absolute Gasteiger partial charge is 0.332 e. The molecule has 0 spiro atoms. The van der Waals surface area contributed by atoms with E-state index in [1.165, 1.54) is 28.8 Å². The summed E-state index contributed by atoms with van der Waals surface area (Å²) in [5.41, 5.74) is -0.570. The van der Waals surface area contributed by atoms with Gasteiger partial charge in [-0.3, -0.25) is 18.6 Å². The minimum Gasteiger partial charge on any atom is -0.280 e. The molecule has 1 N–H and O–H groups in total. The Bertz CT molecular complexity index is 1700. The van der Waals surface area contributed by atoms with E-state index in [-0.39, 0.29) is 32.5 Å². The Balaban J connectivity index is 1.69. The van der Waals surface area contributed by atoms with Gasteiger partial charge >= 0.3 is 5.69 Å². The summed E-state index contributed by atoms with van der Waals surface area (Å²) in [6.07, 6.45) is 4.68. The van der Waals surface area contributed by atoms with Crippen molar-refractivity contribution in [2.24, 2.45) is 7.05 Å². The number of nitrogens with one attached hydrogen (secondary N) is 1. The van der Waals surface area contributed by atoms with E-state index < -0.39 is 32.6 Å². The highest BCUT2D eigenvalue weighted by atomic mass is 35.5. The number of aromatic nitrogens is 4. The summed E-state index contributed by atoms with van der Waals surface area (Å²) in [5, 5.41) is 4.08. The smallest absolute Gasteiger partial charge is 0.280 e. The Morgan fingerprint density at radius 1 is 1.17 bits per heavy atom. The summed E-state index contributed by atoms with van der Waals surface area (Å²) in [6.45, 7) is 1.74. The monoisotopic (exact) mass is 537 g/mol. The molecule has 1 saturated carbocycles. The second-order valence-corrected chi connectivity index (χ2v) is 12.3. The molecule has 0 amide bonds. The number of nitrogens with zero attached hydrogens (tertiary/aromatic N) is 4. The second kappa shape index (κ2) is 8.40. The molecule has 0 bridgehead atoms. The first-order valence-electron chi connectivity index (χ1n) is 10.7. The van der Waals surface area contributed by atoms with Crippen molar-refractivity contribution in [2.75, 3.05) is 0 Å². The van der Waals surface area contributed by atoms with Crippen LogP contribution in [-0.4, -0.2) is 32.9 Å². The van der Waals surface area contributed by atoms with Crippen LogP contribution in [0.25, 0.3) is 10.2 Å². The highest BCUT2D eigenvalue weighted by Crippen LogP contribution is 2.37. The summed E-state index contributed by atoms with van der Waals surface area (Å²) in [4.78, 5) is 27.1. The van der Waals surface area contributed by atoms with Gasteiger partial charge in [-0.05, 0) is 43.5 Å². The van der Waals surface area contributed by atoms with Gasteiger partial charge in [0.15, 0.2) is 0 Å². The van der Waals surface area contributed by atoms with Gasteiger partial charge in [-0.25, -0.2) is 22.3 Å². The molecule has 0 unspecified atom stereocenters. The van der Waals surface area contributed by atoms with Crippen molar-refractivity contribution in [1.29, 1.82) is 0 Å². The molecule has 9 nitrogen and oxygen atoms in total. The maximum atomic E-state index is 13.7. The number of rotatable bonds is 7. The third-order valence-corrected chi connectivity index (χ3v) is 9.50. The van der Waals surface area contributed by atoms with Crippen molar-refractivity contribution < 1.29 is 12.8 Å². The van der Waals surface area contributed by atoms with E-state index in [2.05, 4.69) is 9.82 Å². The fourth-order valence-electron chi connectivity index (χ4n) is 3.81. The van der Waals surface area contributed by atoms with E-state index in [1.807, 2.05) is 6.92 Å². The van der Waals surface area contributed by atoms with E-state index in [0.29, 0.717) is 11.1 Å². The maximum absolute atomic E-state index is 13.7. The van der Waals surface area contributed by atoms with E-state index in [0.717, 1.165) is 28.7 Å². The first-order valence-corrected chi connectivity index (χ1v) is 13.4. The van der Waals surface area contributed by atoms with E-state index in [9.17, 15) is 22.4 Å². The van der Waals surface area contributed by atoms with Crippen molar-refractivity contribution in [1.82, 2.24) is 23.6 Å². The molecule has 1 aromatic carbocycles. The van der Waals surface area contributed by atoms with Crippen molar-refractivity contribution in [3.8, 4) is 0 Å². The molecule has 35 heavy (non-hydrogen) atoms. The summed E-state index contributed by atoms with van der Waals surface area (Å²) in [7, 11) is -2.18. The van der Waals surface area contributed by atoms with E-state index >= 15 is 0 Å². The zero-order valence-electron chi connectivity index (χ0n) is 18.8. The van der Waals surface area contributed by atoms with Crippen LogP contribution in [0.3, 0.4) is 0 Å². The number of sulfonamides is 1. The summed E-state index contributed by atoms with van der Waals surface area (Å²) in [6, 6.07) is 5.38. The molecule has 3 aromatic heterocycles. The number of hydrogen-bond acceptors (Lipinski definition) is 6. The topological polar surface area (TPSA) is 108 Å². The van der Waals surface area contributed by atoms with E-state index in [1.54, 1.807) is 24.1 Å². The van der Waals surface area contributed by atoms with Gasteiger partial charge in [0, 0.05) is 24.3 Å². The molecule has 0 saturated heterocycles. The van der Waals surface area contributed by atoms with Gasteiger partial charge in [-0.2, -0.15) is 5.10 Å². The number of fused-ring (bicyclic) bond motifs is 1. The quantitative estimate of drug-likeness (QED) is 0.390. The molecule has 3 heterocycles. The molecule has 0 radical (unpaired) electrons. The second-order valence-electron chi connectivity index (χ2n) is 8.98. The fourth-order valence-corrected chi connectivity index (χ4v) is 6.92. The Morgan fingerprint density at radius 2 is 1.89 bits per heavy atom. The van der Waals surface area contributed by atoms with Crippen LogP contribution in [-0.2, 0) is 30.2 Å². The first kappa shape index (κ1) is 23.9. The van der Waals surface area contributed by atoms with Crippen LogP contribution in [0.15, 0.2) is 50.5 Å². The van der Waals surface area contributed by atoms with Gasteiger partial charge in [0.25, 0.3) is 15.6 Å². The molecule has 13 heteroatoms. The standard InChI is InChI=1S/C22H21ClFN5O4S2/c1-22(5-6-22)26-35(32,33)18-8-15-19(30)28(12-14-9-25-27(2)10-14)21(31)29(20(15)34-18)11-13-3-4-17(24)16(23)7-13/h3-4,7-10,26H,5-6,11-12H2,1-2H3. The third-order valence-electron chi connectivity index (χ3n) is 5.94. The molecule has 4 aromatic rings. The highest BCUT2D eigenvalue weighted by molar-refractivity contribution is 7.91. The number of hydrogen-bond donors (Lipinski definition) is 1. The van der Waals surface area contributed by atoms with Crippen LogP contribution >= 0.6 is 22.9 Å². The Kier molecular flexibility index (Phi) is 5.74. The molecule has 0 aliphatic heterocycles. The molecule has 1 fully saturated rings. The lowest BCUT2D eigenvalue weighted by molar-refractivity contribution is 0.560. The Morgan fingerprint density at radius 3 is 2.51 bits per heavy atom. The minimum atomic E-state index is -3.90. The molecule has 184 valence electrons. The van der Waals surface area contributed by atoms with Crippen LogP contribution < -0.4 is 16.0 Å². The van der Waals surface area contributed by atoms with Crippen molar-refractivity contribution in [3.63, 3.8) is 0 Å². The number of thiophene rings is 1. The fraction of sp³-hybridized carbons (Fsp3) is 0.318. The number of halogens is 2. The summed E-state index contributed by atoms with van der Waals surface area (Å²) < 4.78 is 46.3. The molecule has 5 rings (SSSR count). The van der Waals surface area contributed by atoms with Crippen LogP contribution in [0.4, 0.5) is 4.39 Å². The van der Waals surface area contributed by atoms with E-state index in [4.69, 9.17) is 11.6 Å². The van der Waals surface area contributed by atoms with Crippen molar-refractivity contribution in [2.45, 2.75) is 42.6 Å². The zero-order valence-corrected chi connectivity index (χ0v) is 21.2. The van der Waals surface area contributed by atoms with Gasteiger partial charge in [-0.1, -0.05) is 17.7 Å². The minimum absolute atomic E-state index is 0.0339. The maximum Gasteiger partial charge on any atom is 0.332 e. The third kappa shape index (κ3) is 4.58. The number of aryl methyl sites for hydroxylation is 1. The summed E-state index contributed by atoms with van der Waals surface area (Å²) >= 11 is 6.77. The van der Waals surface area contributed by atoms with Crippen molar-refractivity contribution >= 4 is 43.2 Å². The Hall–Kier alpha value is -2.80.